The summed E-state index contributed by atoms with van der Waals surface area (Å²) in [5, 5.41) is 24.9. The summed E-state index contributed by atoms with van der Waals surface area (Å²) in [7, 11) is 0. The number of fused-ring (bicyclic) bond motifs is 4. The third-order valence-corrected chi connectivity index (χ3v) is 7.91. The zero-order valence-corrected chi connectivity index (χ0v) is 20.3. The molecule has 0 unspecified atom stereocenters. The molecule has 3 N–H and O–H groups in total. The van der Waals surface area contributed by atoms with Crippen LogP contribution in [0.1, 0.15) is 51.5 Å². The molecule has 2 saturated heterocycles. The third-order valence-electron chi connectivity index (χ3n) is 7.64. The molecule has 2 bridgehead atoms. The lowest BCUT2D eigenvalue weighted by atomic mass is 9.71. The van der Waals surface area contributed by atoms with Crippen LogP contribution < -0.4 is 5.32 Å². The maximum atomic E-state index is 15.4. The summed E-state index contributed by atoms with van der Waals surface area (Å²) < 4.78 is 26.5. The van der Waals surface area contributed by atoms with E-state index in [1.165, 1.54) is 12.3 Å². The van der Waals surface area contributed by atoms with Gasteiger partial charge in [-0.1, -0.05) is 24.4 Å². The van der Waals surface area contributed by atoms with E-state index in [1.807, 2.05) is 6.07 Å². The van der Waals surface area contributed by atoms with Crippen LogP contribution >= 0.6 is 11.6 Å². The van der Waals surface area contributed by atoms with Crippen LogP contribution in [0.5, 0.6) is 0 Å². The van der Waals surface area contributed by atoms with Gasteiger partial charge in [0.1, 0.15) is 23.7 Å². The molecule has 2 aromatic rings. The average molecular weight is 503 g/mol. The first-order valence-electron chi connectivity index (χ1n) is 12.1. The van der Waals surface area contributed by atoms with Crippen LogP contribution in [0.15, 0.2) is 23.3 Å². The van der Waals surface area contributed by atoms with Gasteiger partial charge in [0.25, 0.3) is 0 Å². The van der Waals surface area contributed by atoms with Gasteiger partial charge in [-0.3, -0.25) is 4.99 Å². The van der Waals surface area contributed by atoms with Crippen molar-refractivity contribution in [3.63, 3.8) is 0 Å². The quantitative estimate of drug-likeness (QED) is 0.582. The second-order valence-corrected chi connectivity index (χ2v) is 10.9. The van der Waals surface area contributed by atoms with E-state index in [-0.39, 0.29) is 29.0 Å². The van der Waals surface area contributed by atoms with Crippen molar-refractivity contribution in [1.82, 2.24) is 9.97 Å². The highest BCUT2D eigenvalue weighted by Gasteiger charge is 2.51. The number of ether oxygens (including phenoxy) is 2. The fourth-order valence-corrected chi connectivity index (χ4v) is 6.30. The number of hydrogen-bond donors (Lipinski definition) is 3. The van der Waals surface area contributed by atoms with E-state index in [9.17, 15) is 10.2 Å². The van der Waals surface area contributed by atoms with Gasteiger partial charge in [-0.15, -0.1) is 0 Å². The number of anilines is 1. The van der Waals surface area contributed by atoms with Crippen molar-refractivity contribution in [1.29, 1.82) is 0 Å². The molecule has 1 spiro atoms. The van der Waals surface area contributed by atoms with E-state index in [0.29, 0.717) is 30.0 Å². The Kier molecular flexibility index (Phi) is 5.43. The van der Waals surface area contributed by atoms with Gasteiger partial charge in [-0.25, -0.2) is 14.4 Å². The van der Waals surface area contributed by atoms with Gasteiger partial charge in [-0.05, 0) is 44.4 Å². The summed E-state index contributed by atoms with van der Waals surface area (Å²) in [6, 6.07) is 2.94. The van der Waals surface area contributed by atoms with Gasteiger partial charge in [0.2, 0.25) is 5.95 Å². The summed E-state index contributed by atoms with van der Waals surface area (Å²) in [6.07, 6.45) is 3.98. The number of halogens is 2. The third kappa shape index (κ3) is 3.76. The van der Waals surface area contributed by atoms with Crippen LogP contribution in [0.3, 0.4) is 0 Å². The Balaban J connectivity index is 1.37. The van der Waals surface area contributed by atoms with Crippen LogP contribution in [0.4, 0.5) is 16.0 Å². The molecule has 0 radical (unpaired) electrons. The number of benzene rings is 1. The van der Waals surface area contributed by atoms with Crippen LogP contribution in [0.25, 0.3) is 11.3 Å². The van der Waals surface area contributed by atoms with Gasteiger partial charge >= 0.3 is 0 Å². The van der Waals surface area contributed by atoms with Crippen molar-refractivity contribution in [3.8, 4) is 11.3 Å². The molecule has 3 fully saturated rings. The molecule has 8 nitrogen and oxygen atoms in total. The highest BCUT2D eigenvalue weighted by Crippen LogP contribution is 2.54. The van der Waals surface area contributed by atoms with Crippen LogP contribution in [-0.2, 0) is 14.9 Å². The molecule has 4 aliphatic rings. The maximum Gasteiger partial charge on any atom is 0.223 e. The van der Waals surface area contributed by atoms with Crippen molar-refractivity contribution in [3.05, 3.63) is 34.7 Å². The molecule has 1 saturated carbocycles. The summed E-state index contributed by atoms with van der Waals surface area (Å²) in [6.45, 7) is 3.76. The van der Waals surface area contributed by atoms with Crippen molar-refractivity contribution in [2.24, 2.45) is 4.99 Å². The Morgan fingerprint density at radius 2 is 2.03 bits per heavy atom. The van der Waals surface area contributed by atoms with Gasteiger partial charge < -0.3 is 25.0 Å². The fourth-order valence-electron chi connectivity index (χ4n) is 6.10. The predicted molar refractivity (Wildman–Crippen MR) is 129 cm³/mol. The van der Waals surface area contributed by atoms with E-state index in [1.54, 1.807) is 13.8 Å². The van der Waals surface area contributed by atoms with Crippen molar-refractivity contribution < 1.29 is 24.1 Å². The number of aliphatic imine (C=N–C) groups is 1. The second-order valence-electron chi connectivity index (χ2n) is 10.5. The van der Waals surface area contributed by atoms with Gasteiger partial charge in [-0.2, -0.15) is 0 Å². The molecule has 1 aromatic carbocycles. The molecule has 0 amide bonds. The minimum Gasteiger partial charge on any atom is -0.388 e. The molecule has 4 heterocycles. The summed E-state index contributed by atoms with van der Waals surface area (Å²) in [5.41, 5.74) is 0.943. The lowest BCUT2D eigenvalue weighted by Gasteiger charge is -2.33. The number of nitrogens with one attached hydrogen (secondary N) is 1. The molecule has 35 heavy (non-hydrogen) atoms. The Bertz CT molecular complexity index is 1210. The SMILES string of the molecule is CC(C)(O)C1=Nc2c(F)cc(-c3nc(N[C@@H]4C[C@H]5OC[C@H](O5)[C@H]4O)ncc3Cl)cc2C12CCCC2. The Labute approximate surface area is 207 Å². The van der Waals surface area contributed by atoms with Gasteiger partial charge in [0, 0.05) is 17.4 Å². The average Bonchev–Trinajstić information content (AvgIpc) is 3.52. The molecule has 10 heteroatoms. The molecule has 4 atom stereocenters. The Morgan fingerprint density at radius 1 is 1.26 bits per heavy atom. The normalized spacial score (nSPS) is 28.9. The van der Waals surface area contributed by atoms with Crippen molar-refractivity contribution in [2.75, 3.05) is 11.9 Å². The molecule has 1 aromatic heterocycles. The highest BCUT2D eigenvalue weighted by atomic mass is 35.5. The Hall–Kier alpha value is -2.17. The first kappa shape index (κ1) is 23.2. The smallest absolute Gasteiger partial charge is 0.223 e. The molecular formula is C25H28ClFN4O4. The monoisotopic (exact) mass is 502 g/mol. The summed E-state index contributed by atoms with van der Waals surface area (Å²) in [5.74, 6) is -0.194. The van der Waals surface area contributed by atoms with Crippen molar-refractivity contribution in [2.45, 2.75) is 81.5 Å². The summed E-state index contributed by atoms with van der Waals surface area (Å²) in [4.78, 5) is 13.5. The Morgan fingerprint density at radius 3 is 2.77 bits per heavy atom. The van der Waals surface area contributed by atoms with E-state index >= 15 is 4.39 Å². The molecular weight excluding hydrogens is 475 g/mol. The van der Waals surface area contributed by atoms with Crippen LogP contribution in [0, 0.1) is 5.82 Å². The van der Waals surface area contributed by atoms with E-state index in [2.05, 4.69) is 20.3 Å². The minimum absolute atomic E-state index is 0.277. The summed E-state index contributed by atoms with van der Waals surface area (Å²) >= 11 is 6.48. The fraction of sp³-hybridized carbons (Fsp3) is 0.560. The molecule has 6 rings (SSSR count). The number of rotatable bonds is 4. The van der Waals surface area contributed by atoms with Gasteiger partial charge in [0.05, 0.1) is 40.9 Å². The standard InChI is InChI=1S/C25H28ClFN4O4/c1-24(2,33)22-25(5-3-4-6-25)13-7-12(8-15(27)20(13)30-22)19-14(26)10-28-23(31-19)29-16-9-18-34-11-17(35-18)21(16)32/h7-8,10,16-18,21,32-33H,3-6,9,11H2,1-2H3,(H,28,29,31)/t16-,17+,18+,21+/m1/s1. The largest absolute Gasteiger partial charge is 0.388 e. The number of nitrogens with zero attached hydrogens (tertiary/aromatic N) is 3. The number of aromatic nitrogens is 2. The second kappa shape index (κ2) is 8.18. The van der Waals surface area contributed by atoms with E-state index < -0.39 is 29.0 Å². The van der Waals surface area contributed by atoms with Crippen molar-refractivity contribution >= 4 is 28.9 Å². The first-order valence-corrected chi connectivity index (χ1v) is 12.4. The molecule has 186 valence electrons. The number of aliphatic hydroxyl groups is 2. The number of hydrogen-bond acceptors (Lipinski definition) is 8. The lowest BCUT2D eigenvalue weighted by molar-refractivity contribution is -0.123. The molecule has 3 aliphatic heterocycles. The minimum atomic E-state index is -1.16. The topological polar surface area (TPSA) is 109 Å². The van der Waals surface area contributed by atoms with Crippen LogP contribution in [-0.4, -0.2) is 62.6 Å². The maximum absolute atomic E-state index is 15.4. The lowest BCUT2D eigenvalue weighted by Crippen LogP contribution is -2.48. The zero-order chi connectivity index (χ0) is 24.5. The predicted octanol–water partition coefficient (Wildman–Crippen LogP) is 3.89. The van der Waals surface area contributed by atoms with Gasteiger partial charge in [0.15, 0.2) is 6.29 Å². The van der Waals surface area contributed by atoms with E-state index in [4.69, 9.17) is 21.1 Å². The van der Waals surface area contributed by atoms with E-state index in [0.717, 1.165) is 31.2 Å². The number of aliphatic hydroxyl groups excluding tert-OH is 1. The van der Waals surface area contributed by atoms with Crippen LogP contribution in [0.2, 0.25) is 5.02 Å². The first-order chi connectivity index (χ1) is 16.7. The molecule has 1 aliphatic carbocycles. The highest BCUT2D eigenvalue weighted by molar-refractivity contribution is 6.33. The zero-order valence-electron chi connectivity index (χ0n) is 19.6.